The van der Waals surface area contributed by atoms with E-state index in [0.29, 0.717) is 23.8 Å². The third-order valence-corrected chi connectivity index (χ3v) is 4.63. The van der Waals surface area contributed by atoms with E-state index in [2.05, 4.69) is 54.7 Å². The monoisotopic (exact) mass is 351 g/mol. The fraction of sp³-hybridized carbons (Fsp3) is 0.273. The zero-order valence-corrected chi connectivity index (χ0v) is 15.7. The van der Waals surface area contributed by atoms with Crippen molar-refractivity contribution in [2.24, 2.45) is 0 Å². The van der Waals surface area contributed by atoms with Crippen LogP contribution in [0, 0.1) is 0 Å². The first kappa shape index (κ1) is 18.1. The molecule has 1 atom stereocenters. The van der Waals surface area contributed by atoms with Crippen LogP contribution in [0.4, 0.5) is 0 Å². The van der Waals surface area contributed by atoms with Crippen LogP contribution >= 0.6 is 0 Å². The quantitative estimate of drug-likeness (QED) is 0.669. The average molecular weight is 351 g/mol. The molecule has 4 nitrogen and oxygen atoms in total. The van der Waals surface area contributed by atoms with E-state index in [-0.39, 0.29) is 6.04 Å². The van der Waals surface area contributed by atoms with Crippen LogP contribution in [0.3, 0.4) is 0 Å². The molecule has 3 aromatic rings. The van der Waals surface area contributed by atoms with Gasteiger partial charge in [0.15, 0.2) is 11.5 Å². The summed E-state index contributed by atoms with van der Waals surface area (Å²) in [6, 6.07) is 19.1. The van der Waals surface area contributed by atoms with Gasteiger partial charge in [-0.25, -0.2) is 0 Å². The van der Waals surface area contributed by atoms with E-state index in [1.165, 1.54) is 16.3 Å². The third kappa shape index (κ3) is 3.60. The minimum atomic E-state index is 0.209. The van der Waals surface area contributed by atoms with Gasteiger partial charge < -0.3 is 19.5 Å². The molecule has 0 bridgehead atoms. The van der Waals surface area contributed by atoms with Gasteiger partial charge in [0.25, 0.3) is 0 Å². The molecule has 0 aliphatic carbocycles. The lowest BCUT2D eigenvalue weighted by atomic mass is 9.99. The van der Waals surface area contributed by atoms with Crippen molar-refractivity contribution in [1.82, 2.24) is 5.32 Å². The Morgan fingerprint density at radius 3 is 2.15 bits per heavy atom. The van der Waals surface area contributed by atoms with Crippen molar-refractivity contribution in [1.29, 1.82) is 0 Å². The van der Waals surface area contributed by atoms with E-state index in [1.54, 1.807) is 21.3 Å². The summed E-state index contributed by atoms with van der Waals surface area (Å²) in [5, 5.41) is 6.13. The van der Waals surface area contributed by atoms with Gasteiger partial charge in [-0.1, -0.05) is 42.5 Å². The first-order valence-electron chi connectivity index (χ1n) is 8.67. The van der Waals surface area contributed by atoms with Crippen LogP contribution < -0.4 is 19.5 Å². The predicted molar refractivity (Wildman–Crippen MR) is 105 cm³/mol. The molecule has 1 unspecified atom stereocenters. The van der Waals surface area contributed by atoms with Gasteiger partial charge >= 0.3 is 0 Å². The van der Waals surface area contributed by atoms with Crippen molar-refractivity contribution in [3.8, 4) is 17.2 Å². The summed E-state index contributed by atoms with van der Waals surface area (Å²) in [6.45, 7) is 2.88. The average Bonchev–Trinajstić information content (AvgIpc) is 2.70. The fourth-order valence-corrected chi connectivity index (χ4v) is 3.25. The van der Waals surface area contributed by atoms with Gasteiger partial charge in [-0.3, -0.25) is 0 Å². The minimum absolute atomic E-state index is 0.209. The SMILES string of the molecule is COc1cc(CNC(C)c2cccc3ccccc23)cc(OC)c1OC. The molecule has 0 fully saturated rings. The Balaban J connectivity index is 1.82. The van der Waals surface area contributed by atoms with Crippen molar-refractivity contribution < 1.29 is 14.2 Å². The molecular formula is C22H25NO3. The second-order valence-electron chi connectivity index (χ2n) is 6.20. The Labute approximate surface area is 154 Å². The van der Waals surface area contributed by atoms with Gasteiger partial charge in [0, 0.05) is 12.6 Å². The van der Waals surface area contributed by atoms with E-state index in [4.69, 9.17) is 14.2 Å². The van der Waals surface area contributed by atoms with E-state index in [1.807, 2.05) is 12.1 Å². The van der Waals surface area contributed by atoms with Gasteiger partial charge in [0.2, 0.25) is 5.75 Å². The molecule has 0 saturated heterocycles. The zero-order valence-electron chi connectivity index (χ0n) is 15.7. The third-order valence-electron chi connectivity index (χ3n) is 4.63. The van der Waals surface area contributed by atoms with Crippen molar-refractivity contribution in [2.45, 2.75) is 19.5 Å². The smallest absolute Gasteiger partial charge is 0.203 e. The highest BCUT2D eigenvalue weighted by molar-refractivity contribution is 5.86. The summed E-state index contributed by atoms with van der Waals surface area (Å²) in [5.74, 6) is 1.95. The molecule has 0 aliphatic rings. The molecule has 0 amide bonds. The lowest BCUT2D eigenvalue weighted by molar-refractivity contribution is 0.323. The van der Waals surface area contributed by atoms with E-state index in [0.717, 1.165) is 5.56 Å². The van der Waals surface area contributed by atoms with Gasteiger partial charge in [0.1, 0.15) is 0 Å². The molecule has 3 aromatic carbocycles. The number of benzene rings is 3. The molecule has 0 aromatic heterocycles. The molecule has 4 heteroatoms. The van der Waals surface area contributed by atoms with Crippen molar-refractivity contribution in [2.75, 3.05) is 21.3 Å². The number of rotatable bonds is 7. The molecule has 3 rings (SSSR count). The highest BCUT2D eigenvalue weighted by Crippen LogP contribution is 2.38. The molecule has 0 aliphatic heterocycles. The summed E-state index contributed by atoms with van der Waals surface area (Å²) in [6.07, 6.45) is 0. The first-order chi connectivity index (χ1) is 12.7. The lowest BCUT2D eigenvalue weighted by Crippen LogP contribution is -2.18. The number of methoxy groups -OCH3 is 3. The Morgan fingerprint density at radius 2 is 1.50 bits per heavy atom. The fourth-order valence-electron chi connectivity index (χ4n) is 3.25. The molecule has 0 heterocycles. The highest BCUT2D eigenvalue weighted by atomic mass is 16.5. The predicted octanol–water partition coefficient (Wildman–Crippen LogP) is 4.72. The highest BCUT2D eigenvalue weighted by Gasteiger charge is 2.14. The number of nitrogens with one attached hydrogen (secondary N) is 1. The van der Waals surface area contributed by atoms with Crippen molar-refractivity contribution in [3.63, 3.8) is 0 Å². The summed E-state index contributed by atoms with van der Waals surface area (Å²) < 4.78 is 16.3. The maximum atomic E-state index is 5.44. The second kappa shape index (κ2) is 8.11. The van der Waals surface area contributed by atoms with Crippen molar-refractivity contribution >= 4 is 10.8 Å². The van der Waals surface area contributed by atoms with Gasteiger partial charge in [-0.05, 0) is 41.0 Å². The second-order valence-corrected chi connectivity index (χ2v) is 6.20. The number of fused-ring (bicyclic) bond motifs is 1. The molecular weight excluding hydrogens is 326 g/mol. The largest absolute Gasteiger partial charge is 0.493 e. The Bertz CT molecular complexity index is 861. The first-order valence-corrected chi connectivity index (χ1v) is 8.67. The summed E-state index contributed by atoms with van der Waals surface area (Å²) in [5.41, 5.74) is 2.36. The molecule has 136 valence electrons. The van der Waals surface area contributed by atoms with Crippen LogP contribution in [0.2, 0.25) is 0 Å². The van der Waals surface area contributed by atoms with Gasteiger partial charge in [0.05, 0.1) is 21.3 Å². The molecule has 0 spiro atoms. The normalized spacial score (nSPS) is 12.0. The summed E-state index contributed by atoms with van der Waals surface area (Å²) >= 11 is 0. The van der Waals surface area contributed by atoms with E-state index >= 15 is 0 Å². The molecule has 1 N–H and O–H groups in total. The van der Waals surface area contributed by atoms with E-state index < -0.39 is 0 Å². The molecule has 0 saturated carbocycles. The Hall–Kier alpha value is -2.72. The zero-order chi connectivity index (χ0) is 18.5. The van der Waals surface area contributed by atoms with Crippen LogP contribution in [-0.2, 0) is 6.54 Å². The van der Waals surface area contributed by atoms with Crippen LogP contribution in [0.15, 0.2) is 54.6 Å². The maximum absolute atomic E-state index is 5.44. The van der Waals surface area contributed by atoms with Gasteiger partial charge in [-0.15, -0.1) is 0 Å². The van der Waals surface area contributed by atoms with Crippen LogP contribution in [0.5, 0.6) is 17.2 Å². The lowest BCUT2D eigenvalue weighted by Gasteiger charge is -2.18. The Kier molecular flexibility index (Phi) is 5.64. The molecule has 0 radical (unpaired) electrons. The topological polar surface area (TPSA) is 39.7 Å². The Morgan fingerprint density at radius 1 is 0.846 bits per heavy atom. The van der Waals surface area contributed by atoms with E-state index in [9.17, 15) is 0 Å². The van der Waals surface area contributed by atoms with Crippen LogP contribution in [0.25, 0.3) is 10.8 Å². The summed E-state index contributed by atoms with van der Waals surface area (Å²) in [4.78, 5) is 0. The minimum Gasteiger partial charge on any atom is -0.493 e. The van der Waals surface area contributed by atoms with Gasteiger partial charge in [-0.2, -0.15) is 0 Å². The number of hydrogen-bond acceptors (Lipinski definition) is 4. The standard InChI is InChI=1S/C22H25NO3/c1-15(18-11-7-9-17-8-5-6-10-19(17)18)23-14-16-12-20(24-2)22(26-4)21(13-16)25-3/h5-13,15,23H,14H2,1-4H3. The van der Waals surface area contributed by atoms with Crippen LogP contribution in [0.1, 0.15) is 24.1 Å². The summed E-state index contributed by atoms with van der Waals surface area (Å²) in [7, 11) is 4.88. The molecule has 26 heavy (non-hydrogen) atoms. The number of ether oxygens (including phenoxy) is 3. The van der Waals surface area contributed by atoms with Crippen LogP contribution in [-0.4, -0.2) is 21.3 Å². The number of hydrogen-bond donors (Lipinski definition) is 1. The van der Waals surface area contributed by atoms with Crippen molar-refractivity contribution in [3.05, 3.63) is 65.7 Å². The maximum Gasteiger partial charge on any atom is 0.203 e.